The zero-order valence-electron chi connectivity index (χ0n) is 9.63. The zero-order chi connectivity index (χ0) is 10.3. The predicted molar refractivity (Wildman–Crippen MR) is 61.3 cm³/mol. The molecule has 0 aromatic carbocycles. The van der Waals surface area contributed by atoms with Crippen LogP contribution in [0.4, 0.5) is 0 Å². The Morgan fingerprint density at radius 2 is 1.69 bits per heavy atom. The summed E-state index contributed by atoms with van der Waals surface area (Å²) in [6.07, 6.45) is 2.39. The summed E-state index contributed by atoms with van der Waals surface area (Å²) in [5, 5.41) is 0. The molecular formula is C10H24NOP. The third-order valence-corrected chi connectivity index (χ3v) is 3.46. The molecule has 0 spiro atoms. The Kier molecular flexibility index (Phi) is 7.93. The molecule has 0 aliphatic heterocycles. The summed E-state index contributed by atoms with van der Waals surface area (Å²) in [5.41, 5.74) is 0. The highest BCUT2D eigenvalue weighted by molar-refractivity contribution is 7.29. The van der Waals surface area contributed by atoms with Crippen molar-refractivity contribution in [2.24, 2.45) is 0 Å². The molecule has 0 aliphatic carbocycles. The van der Waals surface area contributed by atoms with Gasteiger partial charge in [-0.3, -0.25) is 4.67 Å². The summed E-state index contributed by atoms with van der Waals surface area (Å²) < 4.78 is 8.00. The number of hydrogen-bond donors (Lipinski definition) is 0. The standard InChI is InChI=1S/C10H24NOP/c1-6-7-8-12-13-11(9(2)3)10(4)5/h9-10,13H,6-8H2,1-5H3. The van der Waals surface area contributed by atoms with Crippen molar-refractivity contribution < 1.29 is 4.52 Å². The van der Waals surface area contributed by atoms with E-state index in [-0.39, 0.29) is 0 Å². The highest BCUT2D eigenvalue weighted by Crippen LogP contribution is 2.25. The molecule has 3 heteroatoms. The van der Waals surface area contributed by atoms with Gasteiger partial charge in [0.15, 0.2) is 0 Å². The van der Waals surface area contributed by atoms with Gasteiger partial charge in [-0.05, 0) is 34.1 Å². The van der Waals surface area contributed by atoms with Gasteiger partial charge in [-0.15, -0.1) is 0 Å². The second kappa shape index (κ2) is 7.73. The van der Waals surface area contributed by atoms with Gasteiger partial charge >= 0.3 is 0 Å². The fourth-order valence-electron chi connectivity index (χ4n) is 1.14. The maximum atomic E-state index is 5.61. The number of unbranched alkanes of at least 4 members (excludes halogenated alkanes) is 1. The van der Waals surface area contributed by atoms with E-state index in [0.29, 0.717) is 21.0 Å². The lowest BCUT2D eigenvalue weighted by Crippen LogP contribution is -2.29. The summed E-state index contributed by atoms with van der Waals surface area (Å²) in [6.45, 7) is 12.0. The average molecular weight is 205 g/mol. The smallest absolute Gasteiger partial charge is 0.0893 e. The van der Waals surface area contributed by atoms with E-state index in [1.165, 1.54) is 12.8 Å². The second-order valence-electron chi connectivity index (χ2n) is 3.89. The minimum absolute atomic E-state index is 0.527. The van der Waals surface area contributed by atoms with E-state index < -0.39 is 0 Å². The molecule has 2 nitrogen and oxygen atoms in total. The summed E-state index contributed by atoms with van der Waals surface area (Å²) in [4.78, 5) is 0. The monoisotopic (exact) mass is 205 g/mol. The Morgan fingerprint density at radius 1 is 1.15 bits per heavy atom. The molecule has 0 heterocycles. The highest BCUT2D eigenvalue weighted by atomic mass is 31.1. The molecule has 0 fully saturated rings. The maximum Gasteiger partial charge on any atom is 0.0893 e. The van der Waals surface area contributed by atoms with E-state index in [9.17, 15) is 0 Å². The van der Waals surface area contributed by atoms with Gasteiger partial charge in [0.2, 0.25) is 0 Å². The summed E-state index contributed by atoms with van der Waals surface area (Å²) in [5.74, 6) is 0. The predicted octanol–water partition coefficient (Wildman–Crippen LogP) is 3.43. The number of hydrogen-bond acceptors (Lipinski definition) is 2. The third-order valence-electron chi connectivity index (χ3n) is 1.88. The molecule has 1 atom stereocenters. The number of rotatable bonds is 7. The Hall–Kier alpha value is 0.350. The van der Waals surface area contributed by atoms with Crippen molar-refractivity contribution in [1.82, 2.24) is 4.67 Å². The van der Waals surface area contributed by atoms with Crippen LogP contribution in [0.5, 0.6) is 0 Å². The van der Waals surface area contributed by atoms with Gasteiger partial charge in [0.1, 0.15) is 0 Å². The molecule has 13 heavy (non-hydrogen) atoms. The van der Waals surface area contributed by atoms with Crippen LogP contribution in [-0.2, 0) is 4.52 Å². The van der Waals surface area contributed by atoms with Gasteiger partial charge in [0, 0.05) is 12.1 Å². The summed E-state index contributed by atoms with van der Waals surface area (Å²) in [6, 6.07) is 1.17. The van der Waals surface area contributed by atoms with E-state index in [4.69, 9.17) is 4.52 Å². The molecule has 0 N–H and O–H groups in total. The first kappa shape index (κ1) is 13.4. The van der Waals surface area contributed by atoms with Crippen LogP contribution in [0.2, 0.25) is 0 Å². The Bertz CT molecular complexity index is 109. The topological polar surface area (TPSA) is 12.5 Å². The molecule has 0 amide bonds. The second-order valence-corrected chi connectivity index (χ2v) is 4.88. The molecule has 80 valence electrons. The Morgan fingerprint density at radius 3 is 2.08 bits per heavy atom. The van der Waals surface area contributed by atoms with E-state index in [2.05, 4.69) is 39.3 Å². The molecule has 0 aromatic heterocycles. The van der Waals surface area contributed by atoms with Crippen molar-refractivity contribution in [3.8, 4) is 0 Å². The highest BCUT2D eigenvalue weighted by Gasteiger charge is 2.12. The minimum Gasteiger partial charge on any atom is -0.346 e. The number of nitrogens with zero attached hydrogens (tertiary/aromatic N) is 1. The van der Waals surface area contributed by atoms with Gasteiger partial charge in [0.25, 0.3) is 0 Å². The van der Waals surface area contributed by atoms with Crippen LogP contribution in [0.3, 0.4) is 0 Å². The van der Waals surface area contributed by atoms with Crippen LogP contribution < -0.4 is 0 Å². The van der Waals surface area contributed by atoms with E-state index in [1.54, 1.807) is 0 Å². The van der Waals surface area contributed by atoms with Crippen LogP contribution >= 0.6 is 8.96 Å². The molecular weight excluding hydrogens is 181 g/mol. The molecule has 0 radical (unpaired) electrons. The lowest BCUT2D eigenvalue weighted by Gasteiger charge is -2.29. The first-order valence-electron chi connectivity index (χ1n) is 5.25. The minimum atomic E-state index is 0.527. The van der Waals surface area contributed by atoms with E-state index in [0.717, 1.165) is 6.61 Å². The lowest BCUT2D eigenvalue weighted by molar-refractivity contribution is 0.264. The Balaban J connectivity index is 3.58. The van der Waals surface area contributed by atoms with Crippen molar-refractivity contribution in [2.75, 3.05) is 6.61 Å². The molecule has 1 unspecified atom stereocenters. The first-order chi connectivity index (χ1) is 6.09. The van der Waals surface area contributed by atoms with Crippen LogP contribution in [0.15, 0.2) is 0 Å². The van der Waals surface area contributed by atoms with Crippen LogP contribution in [0, 0.1) is 0 Å². The first-order valence-corrected chi connectivity index (χ1v) is 6.10. The van der Waals surface area contributed by atoms with Crippen molar-refractivity contribution in [3.63, 3.8) is 0 Å². The molecule has 0 rings (SSSR count). The fourth-order valence-corrected chi connectivity index (χ4v) is 1.95. The van der Waals surface area contributed by atoms with Gasteiger partial charge in [-0.1, -0.05) is 13.3 Å². The van der Waals surface area contributed by atoms with Crippen molar-refractivity contribution >= 4 is 8.96 Å². The summed E-state index contributed by atoms with van der Waals surface area (Å²) in [7, 11) is 0.527. The maximum absolute atomic E-state index is 5.61. The lowest BCUT2D eigenvalue weighted by atomic mass is 10.3. The Labute approximate surface area is 85.0 Å². The summed E-state index contributed by atoms with van der Waals surface area (Å²) >= 11 is 0. The van der Waals surface area contributed by atoms with E-state index >= 15 is 0 Å². The SMILES string of the molecule is CCCCOPN(C(C)C)C(C)C. The molecule has 0 saturated carbocycles. The van der Waals surface area contributed by atoms with Crippen LogP contribution in [0.1, 0.15) is 47.5 Å². The van der Waals surface area contributed by atoms with E-state index in [1.807, 2.05) is 0 Å². The quantitative estimate of drug-likeness (QED) is 0.466. The third kappa shape index (κ3) is 6.42. The van der Waals surface area contributed by atoms with Gasteiger partial charge in [-0.25, -0.2) is 0 Å². The zero-order valence-corrected chi connectivity index (χ0v) is 10.6. The van der Waals surface area contributed by atoms with Crippen molar-refractivity contribution in [3.05, 3.63) is 0 Å². The van der Waals surface area contributed by atoms with Gasteiger partial charge in [-0.2, -0.15) is 0 Å². The largest absolute Gasteiger partial charge is 0.346 e. The normalized spacial score (nSPS) is 12.9. The van der Waals surface area contributed by atoms with Crippen molar-refractivity contribution in [2.45, 2.75) is 59.5 Å². The van der Waals surface area contributed by atoms with Gasteiger partial charge in [0.05, 0.1) is 15.6 Å². The van der Waals surface area contributed by atoms with Crippen molar-refractivity contribution in [1.29, 1.82) is 0 Å². The molecule has 0 bridgehead atoms. The molecule has 0 aromatic rings. The van der Waals surface area contributed by atoms with Crippen LogP contribution in [-0.4, -0.2) is 23.4 Å². The average Bonchev–Trinajstić information content (AvgIpc) is 2.02. The fraction of sp³-hybridized carbons (Fsp3) is 1.00. The van der Waals surface area contributed by atoms with Gasteiger partial charge < -0.3 is 4.52 Å². The molecule has 0 aliphatic rings. The molecule has 0 saturated heterocycles. The van der Waals surface area contributed by atoms with Crippen LogP contribution in [0.25, 0.3) is 0 Å².